The molecule has 96 valence electrons. The molecule has 0 aliphatic heterocycles. The second-order valence-electron chi connectivity index (χ2n) is 4.73. The van der Waals surface area contributed by atoms with Crippen molar-refractivity contribution in [1.29, 1.82) is 0 Å². The second-order valence-corrected chi connectivity index (χ2v) is 4.73. The standard InChI is InChI=1S/C15H16N4/c16-13-5-2-4-12(13)15(17)19-14-6-1-3-10-9-18-8-7-11(10)14/h1,3,6-9H,2,4-5,16H2,(H2,17,19). The van der Waals surface area contributed by atoms with Crippen LogP contribution < -0.4 is 11.5 Å². The number of benzene rings is 1. The third kappa shape index (κ3) is 2.17. The highest BCUT2D eigenvalue weighted by atomic mass is 14.9. The average Bonchev–Trinajstić information content (AvgIpc) is 2.85. The number of hydrogen-bond acceptors (Lipinski definition) is 3. The summed E-state index contributed by atoms with van der Waals surface area (Å²) in [5.41, 5.74) is 14.8. The Hall–Kier alpha value is -2.36. The Morgan fingerprint density at radius 2 is 2.11 bits per heavy atom. The molecular formula is C15H16N4. The zero-order valence-electron chi connectivity index (χ0n) is 10.6. The Kier molecular flexibility index (Phi) is 2.91. The zero-order chi connectivity index (χ0) is 13.2. The summed E-state index contributed by atoms with van der Waals surface area (Å²) in [6, 6.07) is 7.89. The minimum absolute atomic E-state index is 0.541. The van der Waals surface area contributed by atoms with E-state index in [-0.39, 0.29) is 0 Å². The summed E-state index contributed by atoms with van der Waals surface area (Å²) in [4.78, 5) is 8.66. The van der Waals surface area contributed by atoms with Crippen molar-refractivity contribution >= 4 is 22.3 Å². The SMILES string of the molecule is NC(=Nc1cccc2cnccc12)C1=C(N)CCC1. The van der Waals surface area contributed by atoms with E-state index in [1.165, 1.54) is 0 Å². The van der Waals surface area contributed by atoms with Gasteiger partial charge in [0.15, 0.2) is 0 Å². The van der Waals surface area contributed by atoms with E-state index in [2.05, 4.69) is 9.98 Å². The molecule has 0 radical (unpaired) electrons. The van der Waals surface area contributed by atoms with Crippen LogP contribution in [0.3, 0.4) is 0 Å². The first-order valence-corrected chi connectivity index (χ1v) is 6.40. The highest BCUT2D eigenvalue weighted by Crippen LogP contribution is 2.27. The van der Waals surface area contributed by atoms with Crippen LogP contribution in [0.2, 0.25) is 0 Å². The number of fused-ring (bicyclic) bond motifs is 1. The van der Waals surface area contributed by atoms with Gasteiger partial charge in [-0.25, -0.2) is 4.99 Å². The van der Waals surface area contributed by atoms with Crippen LogP contribution in [0.25, 0.3) is 10.8 Å². The van der Waals surface area contributed by atoms with Gasteiger partial charge >= 0.3 is 0 Å². The molecule has 4 nitrogen and oxygen atoms in total. The van der Waals surface area contributed by atoms with Gasteiger partial charge in [0.2, 0.25) is 0 Å². The van der Waals surface area contributed by atoms with Gasteiger partial charge in [-0.15, -0.1) is 0 Å². The molecule has 0 saturated heterocycles. The lowest BCUT2D eigenvalue weighted by molar-refractivity contribution is 0.895. The van der Waals surface area contributed by atoms with Gasteiger partial charge in [-0.05, 0) is 31.4 Å². The van der Waals surface area contributed by atoms with Crippen molar-refractivity contribution in [2.24, 2.45) is 16.5 Å². The molecular weight excluding hydrogens is 236 g/mol. The monoisotopic (exact) mass is 252 g/mol. The molecule has 1 aromatic heterocycles. The predicted molar refractivity (Wildman–Crippen MR) is 78.1 cm³/mol. The first-order valence-electron chi connectivity index (χ1n) is 6.40. The zero-order valence-corrected chi connectivity index (χ0v) is 10.6. The number of amidine groups is 1. The molecule has 1 aromatic carbocycles. The summed E-state index contributed by atoms with van der Waals surface area (Å²) in [5, 5.41) is 2.11. The summed E-state index contributed by atoms with van der Waals surface area (Å²) in [6.07, 6.45) is 6.50. The Labute approximate surface area is 111 Å². The quantitative estimate of drug-likeness (QED) is 0.637. The van der Waals surface area contributed by atoms with Gasteiger partial charge in [0.1, 0.15) is 5.84 Å². The molecule has 0 saturated carbocycles. The van der Waals surface area contributed by atoms with Crippen LogP contribution in [0.5, 0.6) is 0 Å². The van der Waals surface area contributed by atoms with Crippen molar-refractivity contribution < 1.29 is 0 Å². The molecule has 0 spiro atoms. The van der Waals surface area contributed by atoms with E-state index < -0.39 is 0 Å². The number of aromatic nitrogens is 1. The van der Waals surface area contributed by atoms with Gasteiger partial charge in [0, 0.05) is 34.4 Å². The van der Waals surface area contributed by atoms with E-state index >= 15 is 0 Å². The molecule has 0 atom stereocenters. The lowest BCUT2D eigenvalue weighted by atomic mass is 10.1. The normalized spacial score (nSPS) is 16.3. The Morgan fingerprint density at radius 1 is 1.21 bits per heavy atom. The maximum absolute atomic E-state index is 6.09. The smallest absolute Gasteiger partial charge is 0.129 e. The summed E-state index contributed by atoms with van der Waals surface area (Å²) in [6.45, 7) is 0. The molecule has 3 rings (SSSR count). The first kappa shape index (κ1) is 11.7. The van der Waals surface area contributed by atoms with Crippen LogP contribution in [-0.2, 0) is 0 Å². The molecule has 4 heteroatoms. The molecule has 1 aliphatic rings. The van der Waals surface area contributed by atoms with Crippen molar-refractivity contribution in [1.82, 2.24) is 4.98 Å². The summed E-state index contributed by atoms with van der Waals surface area (Å²) >= 11 is 0. The molecule has 2 aromatic rings. The fraction of sp³-hybridized carbons (Fsp3) is 0.200. The average molecular weight is 252 g/mol. The van der Waals surface area contributed by atoms with Gasteiger partial charge in [-0.3, -0.25) is 4.98 Å². The maximum atomic E-state index is 6.09. The molecule has 1 aliphatic carbocycles. The molecule has 19 heavy (non-hydrogen) atoms. The topological polar surface area (TPSA) is 77.3 Å². The van der Waals surface area contributed by atoms with Crippen LogP contribution in [0.4, 0.5) is 5.69 Å². The number of pyridine rings is 1. The number of hydrogen-bond donors (Lipinski definition) is 2. The summed E-state index contributed by atoms with van der Waals surface area (Å²) in [5.74, 6) is 0.541. The molecule has 4 N–H and O–H groups in total. The van der Waals surface area contributed by atoms with Crippen molar-refractivity contribution in [3.05, 3.63) is 47.9 Å². The number of nitrogens with two attached hydrogens (primary N) is 2. The van der Waals surface area contributed by atoms with Gasteiger partial charge in [-0.1, -0.05) is 12.1 Å². The third-order valence-electron chi connectivity index (χ3n) is 3.47. The molecule has 1 heterocycles. The molecule has 0 amide bonds. The van der Waals surface area contributed by atoms with E-state index in [1.807, 2.05) is 30.5 Å². The van der Waals surface area contributed by atoms with Crippen LogP contribution in [0.15, 0.2) is 52.9 Å². The van der Waals surface area contributed by atoms with Crippen molar-refractivity contribution in [2.75, 3.05) is 0 Å². The number of aliphatic imine (C=N–C) groups is 1. The second kappa shape index (κ2) is 4.72. The van der Waals surface area contributed by atoms with Gasteiger partial charge < -0.3 is 11.5 Å². The lowest BCUT2D eigenvalue weighted by Crippen LogP contribution is -2.16. The third-order valence-corrected chi connectivity index (χ3v) is 3.47. The first-order chi connectivity index (χ1) is 9.25. The number of allylic oxidation sites excluding steroid dienone is 1. The number of nitrogens with zero attached hydrogens (tertiary/aromatic N) is 2. The van der Waals surface area contributed by atoms with Crippen LogP contribution >= 0.6 is 0 Å². The fourth-order valence-corrected chi connectivity index (χ4v) is 2.46. The largest absolute Gasteiger partial charge is 0.402 e. The van der Waals surface area contributed by atoms with Gasteiger partial charge in [0.05, 0.1) is 5.69 Å². The van der Waals surface area contributed by atoms with Crippen LogP contribution in [0, 0.1) is 0 Å². The maximum Gasteiger partial charge on any atom is 0.129 e. The predicted octanol–water partition coefficient (Wildman–Crippen LogP) is 2.62. The highest BCUT2D eigenvalue weighted by Gasteiger charge is 2.15. The minimum Gasteiger partial charge on any atom is -0.402 e. The van der Waals surface area contributed by atoms with E-state index in [4.69, 9.17) is 11.5 Å². The molecule has 0 unspecified atom stereocenters. The number of rotatable bonds is 2. The molecule has 0 bridgehead atoms. The van der Waals surface area contributed by atoms with E-state index in [9.17, 15) is 0 Å². The lowest BCUT2D eigenvalue weighted by Gasteiger charge is -2.05. The van der Waals surface area contributed by atoms with Crippen LogP contribution in [-0.4, -0.2) is 10.8 Å². The fourth-order valence-electron chi connectivity index (χ4n) is 2.46. The highest BCUT2D eigenvalue weighted by molar-refractivity contribution is 6.02. The van der Waals surface area contributed by atoms with Gasteiger partial charge in [-0.2, -0.15) is 0 Å². The van der Waals surface area contributed by atoms with Crippen molar-refractivity contribution in [3.63, 3.8) is 0 Å². The Bertz CT molecular complexity index is 680. The Morgan fingerprint density at radius 3 is 2.89 bits per heavy atom. The summed E-state index contributed by atoms with van der Waals surface area (Å²) in [7, 11) is 0. The minimum atomic E-state index is 0.541. The van der Waals surface area contributed by atoms with Crippen LogP contribution in [0.1, 0.15) is 19.3 Å². The Balaban J connectivity index is 2.08. The van der Waals surface area contributed by atoms with E-state index in [0.717, 1.165) is 47.0 Å². The van der Waals surface area contributed by atoms with E-state index in [0.29, 0.717) is 5.84 Å². The van der Waals surface area contributed by atoms with Gasteiger partial charge in [0.25, 0.3) is 0 Å². The van der Waals surface area contributed by atoms with Crippen molar-refractivity contribution in [3.8, 4) is 0 Å². The van der Waals surface area contributed by atoms with Crippen molar-refractivity contribution in [2.45, 2.75) is 19.3 Å². The molecule has 0 fully saturated rings. The van der Waals surface area contributed by atoms with E-state index in [1.54, 1.807) is 6.20 Å². The summed E-state index contributed by atoms with van der Waals surface area (Å²) < 4.78 is 0.